The highest BCUT2D eigenvalue weighted by molar-refractivity contribution is 5.76. The van der Waals surface area contributed by atoms with E-state index < -0.39 is 0 Å². The summed E-state index contributed by atoms with van der Waals surface area (Å²) in [5.74, 6) is 0. The summed E-state index contributed by atoms with van der Waals surface area (Å²) in [4.78, 5) is 0. The monoisotopic (exact) mass is 192 g/mol. The molecular formula is C13H20O. The van der Waals surface area contributed by atoms with Crippen LogP contribution in [-0.2, 0) is 0 Å². The zero-order valence-corrected chi connectivity index (χ0v) is 9.58. The molecule has 0 unspecified atom stereocenters. The molecule has 1 aromatic heterocycles. The van der Waals surface area contributed by atoms with E-state index in [4.69, 9.17) is 4.42 Å². The highest BCUT2D eigenvalue weighted by atomic mass is 16.3. The predicted octanol–water partition coefficient (Wildman–Crippen LogP) is 4.88. The molecule has 2 rings (SSSR count). The van der Waals surface area contributed by atoms with E-state index >= 15 is 0 Å². The maximum absolute atomic E-state index is 5.12. The Bertz CT molecular complexity index is 292. The van der Waals surface area contributed by atoms with Gasteiger partial charge in [0, 0.05) is 5.39 Å². The van der Waals surface area contributed by atoms with Crippen LogP contribution in [0.2, 0.25) is 0 Å². The summed E-state index contributed by atoms with van der Waals surface area (Å²) in [7, 11) is 0. The molecule has 0 aliphatic rings. The van der Waals surface area contributed by atoms with E-state index in [0.717, 1.165) is 11.0 Å². The molecule has 78 valence electrons. The first-order valence-electron chi connectivity index (χ1n) is 5.30. The molecule has 0 atom stereocenters. The second-order valence-electron chi connectivity index (χ2n) is 2.67. The molecule has 0 saturated heterocycles. The van der Waals surface area contributed by atoms with Gasteiger partial charge in [-0.25, -0.2) is 0 Å². The average Bonchev–Trinajstić information content (AvgIpc) is 2.69. The fourth-order valence-electron chi connectivity index (χ4n) is 0.906. The summed E-state index contributed by atoms with van der Waals surface area (Å²) in [6.45, 7) is 8.25. The zero-order valence-electron chi connectivity index (χ0n) is 9.58. The maximum atomic E-state index is 5.12. The number of hydrogen-bond donors (Lipinski definition) is 0. The van der Waals surface area contributed by atoms with Crippen molar-refractivity contribution in [3.8, 4) is 0 Å². The number of benzene rings is 1. The minimum atomic E-state index is 0.956. The van der Waals surface area contributed by atoms with E-state index in [0.29, 0.717) is 0 Å². The first-order chi connectivity index (χ1) is 6.88. The van der Waals surface area contributed by atoms with E-state index in [-0.39, 0.29) is 0 Å². The largest absolute Gasteiger partial charge is 0.464 e. The molecule has 0 fully saturated rings. The number of fused-ring (bicyclic) bond motifs is 1. The molecule has 1 heterocycles. The maximum Gasteiger partial charge on any atom is 0.133 e. The molecule has 2 aromatic rings. The van der Waals surface area contributed by atoms with E-state index in [9.17, 15) is 0 Å². The summed E-state index contributed by atoms with van der Waals surface area (Å²) >= 11 is 0. The normalized spacial score (nSPS) is 8.29. The molecule has 1 aromatic carbocycles. The Balaban J connectivity index is 0.000000294. The number of rotatable bonds is 0. The van der Waals surface area contributed by atoms with E-state index in [2.05, 4.69) is 13.8 Å². The van der Waals surface area contributed by atoms with Gasteiger partial charge >= 0.3 is 0 Å². The van der Waals surface area contributed by atoms with Gasteiger partial charge in [-0.2, -0.15) is 0 Å². The Morgan fingerprint density at radius 2 is 1.57 bits per heavy atom. The third-order valence-electron chi connectivity index (χ3n) is 1.36. The van der Waals surface area contributed by atoms with Crippen LogP contribution in [0.5, 0.6) is 0 Å². The number of hydrogen-bond acceptors (Lipinski definition) is 1. The summed E-state index contributed by atoms with van der Waals surface area (Å²) in [5, 5.41) is 1.16. The molecule has 1 heteroatoms. The van der Waals surface area contributed by atoms with Crippen molar-refractivity contribution in [2.24, 2.45) is 0 Å². The Labute approximate surface area is 86.7 Å². The summed E-state index contributed by atoms with van der Waals surface area (Å²) in [6.07, 6.45) is 2.95. The molecule has 0 aliphatic heterocycles. The van der Waals surface area contributed by atoms with Crippen LogP contribution >= 0.6 is 0 Å². The van der Waals surface area contributed by atoms with Gasteiger partial charge in [-0.1, -0.05) is 52.3 Å². The summed E-state index contributed by atoms with van der Waals surface area (Å²) in [5.41, 5.74) is 0.956. The Hall–Kier alpha value is -1.24. The third kappa shape index (κ3) is 4.13. The lowest BCUT2D eigenvalue weighted by atomic mass is 10.3. The van der Waals surface area contributed by atoms with Gasteiger partial charge in [0.05, 0.1) is 6.26 Å². The molecule has 1 nitrogen and oxygen atoms in total. The topological polar surface area (TPSA) is 13.1 Å². The van der Waals surface area contributed by atoms with Gasteiger partial charge in [-0.05, 0) is 12.1 Å². The quantitative estimate of drug-likeness (QED) is 0.580. The molecule has 14 heavy (non-hydrogen) atoms. The SMILES string of the molecule is CC.CCC.c1ccc2occc2c1. The number of para-hydroxylation sites is 1. The van der Waals surface area contributed by atoms with Gasteiger partial charge in [0.25, 0.3) is 0 Å². The van der Waals surface area contributed by atoms with Gasteiger partial charge in [0.1, 0.15) is 5.58 Å². The van der Waals surface area contributed by atoms with Gasteiger partial charge in [-0.3, -0.25) is 0 Å². The van der Waals surface area contributed by atoms with E-state index in [1.807, 2.05) is 44.2 Å². The van der Waals surface area contributed by atoms with Gasteiger partial charge in [0.2, 0.25) is 0 Å². The Kier molecular flexibility index (Phi) is 7.62. The first-order valence-corrected chi connectivity index (χ1v) is 5.30. The van der Waals surface area contributed by atoms with Gasteiger partial charge in [-0.15, -0.1) is 0 Å². The lowest BCUT2D eigenvalue weighted by molar-refractivity contribution is 0.616. The molecule has 0 radical (unpaired) electrons. The van der Waals surface area contributed by atoms with Crippen LogP contribution in [0.15, 0.2) is 41.0 Å². The van der Waals surface area contributed by atoms with Crippen LogP contribution < -0.4 is 0 Å². The fourth-order valence-corrected chi connectivity index (χ4v) is 0.906. The van der Waals surface area contributed by atoms with Crippen molar-refractivity contribution in [1.29, 1.82) is 0 Å². The predicted molar refractivity (Wildman–Crippen MR) is 63.5 cm³/mol. The molecular weight excluding hydrogens is 172 g/mol. The Morgan fingerprint density at radius 3 is 2.14 bits per heavy atom. The fraction of sp³-hybridized carbons (Fsp3) is 0.385. The summed E-state index contributed by atoms with van der Waals surface area (Å²) < 4.78 is 5.12. The van der Waals surface area contributed by atoms with Crippen LogP contribution in [0.1, 0.15) is 34.1 Å². The van der Waals surface area contributed by atoms with Crippen molar-refractivity contribution < 1.29 is 4.42 Å². The highest BCUT2D eigenvalue weighted by Gasteiger charge is 1.89. The standard InChI is InChI=1S/C8H6O.C3H8.C2H6/c1-2-4-8-7(3-1)5-6-9-8;1-3-2;1-2/h1-6H;3H2,1-2H3;1-2H3. The smallest absolute Gasteiger partial charge is 0.133 e. The minimum absolute atomic E-state index is 0.956. The van der Waals surface area contributed by atoms with Gasteiger partial charge in [0.15, 0.2) is 0 Å². The van der Waals surface area contributed by atoms with Gasteiger partial charge < -0.3 is 4.42 Å². The molecule has 0 N–H and O–H groups in total. The molecule has 0 amide bonds. The first kappa shape index (κ1) is 12.8. The van der Waals surface area contributed by atoms with Crippen molar-refractivity contribution in [2.45, 2.75) is 34.1 Å². The molecule has 0 aliphatic carbocycles. The van der Waals surface area contributed by atoms with E-state index in [1.165, 1.54) is 6.42 Å². The lowest BCUT2D eigenvalue weighted by Crippen LogP contribution is -1.57. The van der Waals surface area contributed by atoms with Crippen molar-refractivity contribution >= 4 is 11.0 Å². The highest BCUT2D eigenvalue weighted by Crippen LogP contribution is 2.12. The minimum Gasteiger partial charge on any atom is -0.464 e. The van der Waals surface area contributed by atoms with Crippen molar-refractivity contribution in [3.05, 3.63) is 36.6 Å². The molecule has 0 spiro atoms. The summed E-state index contributed by atoms with van der Waals surface area (Å²) in [6, 6.07) is 9.90. The van der Waals surface area contributed by atoms with Crippen LogP contribution in [0, 0.1) is 0 Å². The number of furan rings is 1. The second kappa shape index (κ2) is 8.36. The Morgan fingerprint density at radius 1 is 1.00 bits per heavy atom. The molecule has 0 bridgehead atoms. The van der Waals surface area contributed by atoms with Crippen LogP contribution in [-0.4, -0.2) is 0 Å². The van der Waals surface area contributed by atoms with Crippen LogP contribution in [0.4, 0.5) is 0 Å². The second-order valence-corrected chi connectivity index (χ2v) is 2.67. The third-order valence-corrected chi connectivity index (χ3v) is 1.36. The van der Waals surface area contributed by atoms with E-state index in [1.54, 1.807) is 6.26 Å². The van der Waals surface area contributed by atoms with Crippen molar-refractivity contribution in [2.75, 3.05) is 0 Å². The lowest BCUT2D eigenvalue weighted by Gasteiger charge is -1.81. The van der Waals surface area contributed by atoms with Crippen molar-refractivity contribution in [1.82, 2.24) is 0 Å². The molecule has 0 saturated carbocycles. The van der Waals surface area contributed by atoms with Crippen molar-refractivity contribution in [3.63, 3.8) is 0 Å². The average molecular weight is 192 g/mol. The van der Waals surface area contributed by atoms with Crippen LogP contribution in [0.25, 0.3) is 11.0 Å². The zero-order chi connectivity index (χ0) is 10.8. The van der Waals surface area contributed by atoms with Crippen LogP contribution in [0.3, 0.4) is 0 Å².